The van der Waals surface area contributed by atoms with E-state index in [-0.39, 0.29) is 12.5 Å². The minimum atomic E-state index is -0.539. The maximum absolute atomic E-state index is 12.1. The predicted molar refractivity (Wildman–Crippen MR) is 75.2 cm³/mol. The second-order valence-corrected chi connectivity index (χ2v) is 5.18. The molecule has 1 aromatic carbocycles. The Balaban J connectivity index is 2.66. The number of hydrogen-bond acceptors (Lipinski definition) is 3. The molecule has 19 heavy (non-hydrogen) atoms. The lowest BCUT2D eigenvalue weighted by Gasteiger charge is -2.34. The minimum absolute atomic E-state index is 0.0109. The van der Waals surface area contributed by atoms with Gasteiger partial charge in [0.15, 0.2) is 0 Å². The van der Waals surface area contributed by atoms with Crippen LogP contribution in [0.2, 0.25) is 0 Å². The van der Waals surface area contributed by atoms with Crippen LogP contribution in [0.25, 0.3) is 0 Å². The average molecular weight is 265 g/mol. The number of aliphatic hydroxyl groups is 1. The Morgan fingerprint density at radius 1 is 1.32 bits per heavy atom. The van der Waals surface area contributed by atoms with Crippen LogP contribution in [0.4, 0.5) is 0 Å². The van der Waals surface area contributed by atoms with Crippen LogP contribution in [0.5, 0.6) is 5.75 Å². The van der Waals surface area contributed by atoms with E-state index >= 15 is 0 Å². The van der Waals surface area contributed by atoms with Gasteiger partial charge in [0, 0.05) is 7.05 Å². The van der Waals surface area contributed by atoms with E-state index in [1.165, 1.54) is 0 Å². The van der Waals surface area contributed by atoms with Gasteiger partial charge in [-0.15, -0.1) is 0 Å². The van der Waals surface area contributed by atoms with Gasteiger partial charge in [-0.05, 0) is 38.5 Å². The van der Waals surface area contributed by atoms with E-state index < -0.39 is 5.54 Å². The molecule has 0 aliphatic heterocycles. The summed E-state index contributed by atoms with van der Waals surface area (Å²) in [5.41, 5.74) is 0.400. The quantitative estimate of drug-likeness (QED) is 0.854. The summed E-state index contributed by atoms with van der Waals surface area (Å²) >= 11 is 0. The van der Waals surface area contributed by atoms with Crippen LogP contribution in [0.1, 0.15) is 26.3 Å². The van der Waals surface area contributed by atoms with Crippen molar-refractivity contribution in [1.29, 1.82) is 0 Å². The number of likely N-dealkylation sites (N-methyl/N-ethyl adjacent to an activating group) is 1. The van der Waals surface area contributed by atoms with Crippen molar-refractivity contribution >= 4 is 5.91 Å². The van der Waals surface area contributed by atoms with Crippen molar-refractivity contribution in [1.82, 2.24) is 4.90 Å². The first-order valence-electron chi connectivity index (χ1n) is 6.50. The zero-order chi connectivity index (χ0) is 14.5. The van der Waals surface area contributed by atoms with Gasteiger partial charge in [-0.3, -0.25) is 4.79 Å². The summed E-state index contributed by atoms with van der Waals surface area (Å²) in [4.78, 5) is 13.7. The number of ether oxygens (including phenoxy) is 1. The Morgan fingerprint density at radius 3 is 2.37 bits per heavy atom. The first-order valence-corrected chi connectivity index (χ1v) is 6.50. The summed E-state index contributed by atoms with van der Waals surface area (Å²) in [5.74, 6) is 0.797. The van der Waals surface area contributed by atoms with E-state index in [0.29, 0.717) is 13.0 Å². The lowest BCUT2D eigenvalue weighted by molar-refractivity contribution is -0.135. The second-order valence-electron chi connectivity index (χ2n) is 5.18. The third-order valence-corrected chi connectivity index (χ3v) is 3.26. The Bertz CT molecular complexity index is 412. The van der Waals surface area contributed by atoms with Crippen LogP contribution in [-0.2, 0) is 11.2 Å². The molecule has 0 radical (unpaired) electrons. The van der Waals surface area contributed by atoms with Gasteiger partial charge in [0.05, 0.1) is 25.2 Å². The molecule has 0 aromatic heterocycles. The molecule has 0 aliphatic rings. The number of carbonyl (C=O) groups excluding carboxylic acids is 1. The van der Waals surface area contributed by atoms with Crippen molar-refractivity contribution in [2.75, 3.05) is 20.3 Å². The monoisotopic (exact) mass is 265 g/mol. The summed E-state index contributed by atoms with van der Waals surface area (Å²) < 4.78 is 5.36. The van der Waals surface area contributed by atoms with E-state index in [0.717, 1.165) is 11.3 Å². The molecule has 0 heterocycles. The van der Waals surface area contributed by atoms with Gasteiger partial charge in [-0.1, -0.05) is 12.1 Å². The molecule has 0 saturated carbocycles. The van der Waals surface area contributed by atoms with Gasteiger partial charge in [0.25, 0.3) is 0 Å². The molecule has 1 N–H and O–H groups in total. The molecule has 4 heteroatoms. The van der Waals surface area contributed by atoms with E-state index in [2.05, 4.69) is 0 Å². The SMILES string of the molecule is CCOc1ccc(CC(=O)N(C)C(C)(C)CO)cc1. The molecular weight excluding hydrogens is 242 g/mol. The molecule has 1 rings (SSSR count). The van der Waals surface area contributed by atoms with Crippen LogP contribution in [0, 0.1) is 0 Å². The van der Waals surface area contributed by atoms with Crippen molar-refractivity contribution < 1.29 is 14.6 Å². The van der Waals surface area contributed by atoms with Gasteiger partial charge in [0.1, 0.15) is 5.75 Å². The first-order chi connectivity index (χ1) is 8.90. The highest BCUT2D eigenvalue weighted by Gasteiger charge is 2.26. The van der Waals surface area contributed by atoms with Crippen LogP contribution >= 0.6 is 0 Å². The summed E-state index contributed by atoms with van der Waals surface area (Å²) in [6.07, 6.45) is 0.326. The normalized spacial score (nSPS) is 11.2. The van der Waals surface area contributed by atoms with Gasteiger partial charge >= 0.3 is 0 Å². The Kier molecular flexibility index (Phi) is 5.36. The van der Waals surface area contributed by atoms with Gasteiger partial charge in [0.2, 0.25) is 5.91 Å². The number of benzene rings is 1. The van der Waals surface area contributed by atoms with Gasteiger partial charge < -0.3 is 14.7 Å². The standard InChI is InChI=1S/C15H23NO3/c1-5-19-13-8-6-12(7-9-13)10-14(18)16(4)15(2,3)11-17/h6-9,17H,5,10-11H2,1-4H3. The Labute approximate surface area is 115 Å². The molecule has 4 nitrogen and oxygen atoms in total. The van der Waals surface area contributed by atoms with Crippen LogP contribution < -0.4 is 4.74 Å². The van der Waals surface area contributed by atoms with E-state index in [1.807, 2.05) is 45.0 Å². The molecule has 0 atom stereocenters. The van der Waals surface area contributed by atoms with Crippen molar-refractivity contribution in [3.8, 4) is 5.75 Å². The fourth-order valence-corrected chi connectivity index (χ4v) is 1.61. The highest BCUT2D eigenvalue weighted by molar-refractivity contribution is 5.79. The number of hydrogen-bond donors (Lipinski definition) is 1. The smallest absolute Gasteiger partial charge is 0.227 e. The molecule has 1 aromatic rings. The Morgan fingerprint density at radius 2 is 1.89 bits per heavy atom. The number of rotatable bonds is 6. The number of carbonyl (C=O) groups is 1. The summed E-state index contributed by atoms with van der Waals surface area (Å²) in [6.45, 7) is 6.18. The predicted octanol–water partition coefficient (Wildman–Crippen LogP) is 1.86. The van der Waals surface area contributed by atoms with Crippen LogP contribution in [0.3, 0.4) is 0 Å². The molecule has 0 fully saturated rings. The third kappa shape index (κ3) is 4.24. The molecular formula is C15H23NO3. The van der Waals surface area contributed by atoms with E-state index in [1.54, 1.807) is 11.9 Å². The zero-order valence-corrected chi connectivity index (χ0v) is 12.1. The summed E-state index contributed by atoms with van der Waals surface area (Å²) in [7, 11) is 1.72. The van der Waals surface area contributed by atoms with Gasteiger partial charge in [-0.25, -0.2) is 0 Å². The maximum atomic E-state index is 12.1. The third-order valence-electron chi connectivity index (χ3n) is 3.26. The number of nitrogens with zero attached hydrogens (tertiary/aromatic N) is 1. The largest absolute Gasteiger partial charge is 0.494 e. The van der Waals surface area contributed by atoms with Crippen LogP contribution in [-0.4, -0.2) is 41.7 Å². The van der Waals surface area contributed by atoms with Crippen molar-refractivity contribution in [3.05, 3.63) is 29.8 Å². The van der Waals surface area contributed by atoms with Gasteiger partial charge in [-0.2, -0.15) is 0 Å². The molecule has 1 amide bonds. The lowest BCUT2D eigenvalue weighted by atomic mass is 10.0. The van der Waals surface area contributed by atoms with Crippen molar-refractivity contribution in [2.24, 2.45) is 0 Å². The van der Waals surface area contributed by atoms with Crippen molar-refractivity contribution in [3.63, 3.8) is 0 Å². The van der Waals surface area contributed by atoms with E-state index in [4.69, 9.17) is 4.74 Å². The molecule has 0 bridgehead atoms. The number of amides is 1. The van der Waals surface area contributed by atoms with Crippen molar-refractivity contribution in [2.45, 2.75) is 32.7 Å². The molecule has 0 unspecified atom stereocenters. The molecule has 0 spiro atoms. The summed E-state index contributed by atoms with van der Waals surface area (Å²) in [5, 5.41) is 9.26. The summed E-state index contributed by atoms with van der Waals surface area (Å²) in [6, 6.07) is 7.51. The lowest BCUT2D eigenvalue weighted by Crippen LogP contribution is -2.48. The Hall–Kier alpha value is -1.55. The topological polar surface area (TPSA) is 49.8 Å². The highest BCUT2D eigenvalue weighted by atomic mass is 16.5. The first kappa shape index (κ1) is 15.5. The second kappa shape index (κ2) is 6.57. The molecule has 0 aliphatic carbocycles. The zero-order valence-electron chi connectivity index (χ0n) is 12.1. The fraction of sp³-hybridized carbons (Fsp3) is 0.533. The highest BCUT2D eigenvalue weighted by Crippen LogP contribution is 2.16. The molecule has 0 saturated heterocycles. The van der Waals surface area contributed by atoms with E-state index in [9.17, 15) is 9.90 Å². The molecule has 106 valence electrons. The number of aliphatic hydroxyl groups excluding tert-OH is 1. The fourth-order valence-electron chi connectivity index (χ4n) is 1.61. The minimum Gasteiger partial charge on any atom is -0.494 e. The average Bonchev–Trinajstić information content (AvgIpc) is 2.40. The maximum Gasteiger partial charge on any atom is 0.227 e. The van der Waals surface area contributed by atoms with Crippen LogP contribution in [0.15, 0.2) is 24.3 Å².